The van der Waals surface area contributed by atoms with Crippen molar-refractivity contribution in [3.63, 3.8) is 0 Å². The Morgan fingerprint density at radius 1 is 1.55 bits per heavy atom. The van der Waals surface area contributed by atoms with E-state index in [1.54, 1.807) is 5.51 Å². The Morgan fingerprint density at radius 2 is 2.41 bits per heavy atom. The molecule has 1 aliphatic rings. The number of hydrogen-bond acceptors (Lipinski definition) is 4. The molecule has 0 N–H and O–H groups in total. The number of benzene rings is 1. The van der Waals surface area contributed by atoms with Crippen LogP contribution in [0.1, 0.15) is 20.9 Å². The lowest BCUT2D eigenvalue weighted by molar-refractivity contribution is -0.0206. The molecule has 1 saturated heterocycles. The molecule has 0 saturated carbocycles. The first-order chi connectivity index (χ1) is 10.6. The molecule has 1 aliphatic heterocycles. The first-order valence-electron chi connectivity index (χ1n) is 7.19. The summed E-state index contributed by atoms with van der Waals surface area (Å²) in [6.45, 7) is 3.66. The van der Waals surface area contributed by atoms with Crippen molar-refractivity contribution in [2.45, 2.75) is 19.4 Å². The molecule has 0 aliphatic carbocycles. The van der Waals surface area contributed by atoms with Gasteiger partial charge in [-0.05, 0) is 24.6 Å². The van der Waals surface area contributed by atoms with Gasteiger partial charge in [-0.1, -0.05) is 23.7 Å². The number of amides is 1. The molecular formula is C16H17ClN2O2S. The summed E-state index contributed by atoms with van der Waals surface area (Å²) in [4.78, 5) is 19.3. The fourth-order valence-corrected chi connectivity index (χ4v) is 3.59. The molecule has 1 amide bonds. The van der Waals surface area contributed by atoms with Gasteiger partial charge in [0, 0.05) is 24.5 Å². The monoisotopic (exact) mass is 336 g/mol. The molecule has 6 heteroatoms. The number of aryl methyl sites for hydroxylation is 1. The Labute approximate surface area is 138 Å². The van der Waals surface area contributed by atoms with Crippen LogP contribution in [0.15, 0.2) is 29.8 Å². The van der Waals surface area contributed by atoms with Crippen LogP contribution in [0.2, 0.25) is 5.02 Å². The summed E-state index contributed by atoms with van der Waals surface area (Å²) in [6.07, 6.45) is 0.760. The molecule has 2 aromatic rings. The number of thiazole rings is 1. The normalized spacial score (nSPS) is 18.5. The predicted molar refractivity (Wildman–Crippen MR) is 87.7 cm³/mol. The first kappa shape index (κ1) is 15.5. The van der Waals surface area contributed by atoms with E-state index in [1.807, 2.05) is 36.1 Å². The Bertz CT molecular complexity index is 674. The van der Waals surface area contributed by atoms with Crippen molar-refractivity contribution in [3.8, 4) is 0 Å². The number of nitrogens with zero attached hydrogens (tertiary/aromatic N) is 2. The second-order valence-electron chi connectivity index (χ2n) is 5.34. The molecule has 1 aromatic carbocycles. The molecule has 1 atom stereocenters. The molecular weight excluding hydrogens is 320 g/mol. The molecule has 0 spiro atoms. The van der Waals surface area contributed by atoms with Crippen LogP contribution in [0.3, 0.4) is 0 Å². The molecule has 0 bridgehead atoms. The van der Waals surface area contributed by atoms with Crippen molar-refractivity contribution >= 4 is 28.8 Å². The smallest absolute Gasteiger partial charge is 0.266 e. The van der Waals surface area contributed by atoms with Crippen LogP contribution in [0.4, 0.5) is 0 Å². The number of halogens is 1. The van der Waals surface area contributed by atoms with E-state index in [4.69, 9.17) is 16.3 Å². The van der Waals surface area contributed by atoms with Gasteiger partial charge >= 0.3 is 0 Å². The Hall–Kier alpha value is -1.43. The van der Waals surface area contributed by atoms with Crippen molar-refractivity contribution in [3.05, 3.63) is 50.9 Å². The average Bonchev–Trinajstić information content (AvgIpc) is 2.93. The van der Waals surface area contributed by atoms with Gasteiger partial charge in [-0.15, -0.1) is 11.3 Å². The van der Waals surface area contributed by atoms with E-state index < -0.39 is 0 Å². The fraction of sp³-hybridized carbons (Fsp3) is 0.375. The van der Waals surface area contributed by atoms with Crippen LogP contribution < -0.4 is 0 Å². The quantitative estimate of drug-likeness (QED) is 0.864. The third-order valence-electron chi connectivity index (χ3n) is 3.72. The minimum Gasteiger partial charge on any atom is -0.374 e. The number of ether oxygens (including phenoxy) is 1. The number of hydrogen-bond donors (Lipinski definition) is 0. The van der Waals surface area contributed by atoms with E-state index in [0.717, 1.165) is 27.6 Å². The van der Waals surface area contributed by atoms with E-state index in [0.29, 0.717) is 19.7 Å². The number of rotatable bonds is 3. The van der Waals surface area contributed by atoms with Gasteiger partial charge in [-0.25, -0.2) is 4.98 Å². The van der Waals surface area contributed by atoms with Gasteiger partial charge in [0.25, 0.3) is 5.91 Å². The highest BCUT2D eigenvalue weighted by atomic mass is 35.5. The molecule has 22 heavy (non-hydrogen) atoms. The van der Waals surface area contributed by atoms with Crippen molar-refractivity contribution < 1.29 is 9.53 Å². The highest BCUT2D eigenvalue weighted by Crippen LogP contribution is 2.19. The van der Waals surface area contributed by atoms with Gasteiger partial charge in [0.1, 0.15) is 4.88 Å². The summed E-state index contributed by atoms with van der Waals surface area (Å²) in [7, 11) is 0. The minimum absolute atomic E-state index is 0.00407. The summed E-state index contributed by atoms with van der Waals surface area (Å²) in [5.41, 5.74) is 3.64. The molecule has 116 valence electrons. The zero-order valence-electron chi connectivity index (χ0n) is 12.3. The molecule has 0 radical (unpaired) electrons. The largest absolute Gasteiger partial charge is 0.374 e. The second-order valence-corrected chi connectivity index (χ2v) is 6.64. The molecule has 3 rings (SSSR count). The van der Waals surface area contributed by atoms with Gasteiger partial charge in [0.2, 0.25) is 0 Å². The Balaban J connectivity index is 1.67. The van der Waals surface area contributed by atoms with Crippen LogP contribution in [0, 0.1) is 6.92 Å². The van der Waals surface area contributed by atoms with E-state index in [9.17, 15) is 4.79 Å². The Morgan fingerprint density at radius 3 is 3.14 bits per heavy atom. The predicted octanol–water partition coefficient (Wildman–Crippen LogP) is 3.19. The lowest BCUT2D eigenvalue weighted by Crippen LogP contribution is -2.46. The summed E-state index contributed by atoms with van der Waals surface area (Å²) in [6, 6.07) is 7.77. The van der Waals surface area contributed by atoms with E-state index >= 15 is 0 Å². The first-order valence-corrected chi connectivity index (χ1v) is 8.44. The van der Waals surface area contributed by atoms with Crippen molar-refractivity contribution in [2.75, 3.05) is 19.7 Å². The molecule has 4 nitrogen and oxygen atoms in total. The molecule has 1 aromatic heterocycles. The van der Waals surface area contributed by atoms with E-state index in [-0.39, 0.29) is 12.0 Å². The average molecular weight is 337 g/mol. The van der Waals surface area contributed by atoms with Crippen LogP contribution in [0.25, 0.3) is 0 Å². The highest BCUT2D eigenvalue weighted by Gasteiger charge is 2.27. The summed E-state index contributed by atoms with van der Waals surface area (Å²) in [5.74, 6) is 0.0550. The second kappa shape index (κ2) is 6.77. The highest BCUT2D eigenvalue weighted by molar-refractivity contribution is 7.11. The summed E-state index contributed by atoms with van der Waals surface area (Å²) >= 11 is 7.41. The van der Waals surface area contributed by atoms with Crippen LogP contribution in [-0.4, -0.2) is 41.6 Å². The van der Waals surface area contributed by atoms with Crippen LogP contribution in [-0.2, 0) is 11.2 Å². The van der Waals surface area contributed by atoms with Crippen molar-refractivity contribution in [2.24, 2.45) is 0 Å². The third-order valence-corrected chi connectivity index (χ3v) is 4.87. The van der Waals surface area contributed by atoms with Gasteiger partial charge in [0.05, 0.1) is 23.9 Å². The number of aromatic nitrogens is 1. The van der Waals surface area contributed by atoms with Gasteiger partial charge in [-0.3, -0.25) is 4.79 Å². The van der Waals surface area contributed by atoms with E-state index in [1.165, 1.54) is 11.3 Å². The number of carbonyl (C=O) groups excluding carboxylic acids is 1. The number of morpholine rings is 1. The zero-order chi connectivity index (χ0) is 15.5. The maximum absolute atomic E-state index is 12.6. The topological polar surface area (TPSA) is 42.4 Å². The summed E-state index contributed by atoms with van der Waals surface area (Å²) in [5, 5.41) is 0.724. The maximum Gasteiger partial charge on any atom is 0.266 e. The van der Waals surface area contributed by atoms with Gasteiger partial charge in [0.15, 0.2) is 0 Å². The van der Waals surface area contributed by atoms with Gasteiger partial charge in [-0.2, -0.15) is 0 Å². The lowest BCUT2D eigenvalue weighted by atomic mass is 10.1. The third kappa shape index (κ3) is 3.48. The standard InChI is InChI=1S/C16H17ClN2O2S/c1-11-15(22-10-18-11)16(20)19-5-6-21-14(9-19)8-12-3-2-4-13(17)7-12/h2-4,7,10,14H,5-6,8-9H2,1H3/t14-/m0/s1. The lowest BCUT2D eigenvalue weighted by Gasteiger charge is -2.33. The fourth-order valence-electron chi connectivity index (χ4n) is 2.60. The summed E-state index contributed by atoms with van der Waals surface area (Å²) < 4.78 is 5.80. The van der Waals surface area contributed by atoms with Crippen molar-refractivity contribution in [1.29, 1.82) is 0 Å². The van der Waals surface area contributed by atoms with Crippen LogP contribution >= 0.6 is 22.9 Å². The molecule has 1 fully saturated rings. The van der Waals surface area contributed by atoms with E-state index in [2.05, 4.69) is 4.98 Å². The molecule has 0 unspecified atom stereocenters. The van der Waals surface area contributed by atoms with Gasteiger partial charge < -0.3 is 9.64 Å². The maximum atomic E-state index is 12.6. The minimum atomic E-state index is 0.00407. The number of carbonyl (C=O) groups is 1. The SMILES string of the molecule is Cc1ncsc1C(=O)N1CCO[C@@H](Cc2cccc(Cl)c2)C1. The Kier molecular flexibility index (Phi) is 4.76. The molecule has 2 heterocycles. The van der Waals surface area contributed by atoms with Crippen molar-refractivity contribution in [1.82, 2.24) is 9.88 Å². The van der Waals surface area contributed by atoms with Crippen LogP contribution in [0.5, 0.6) is 0 Å². The zero-order valence-corrected chi connectivity index (χ0v) is 13.9.